The van der Waals surface area contributed by atoms with E-state index in [4.69, 9.17) is 15.2 Å². The van der Waals surface area contributed by atoms with Crippen molar-refractivity contribution in [2.45, 2.75) is 25.6 Å². The molecule has 2 aromatic carbocycles. The van der Waals surface area contributed by atoms with E-state index in [1.54, 1.807) is 0 Å². The number of aliphatic hydroxyl groups excluding tert-OH is 2. The van der Waals surface area contributed by atoms with Crippen LogP contribution in [0.4, 0.5) is 0 Å². The molecule has 0 amide bonds. The number of nitrogens with two attached hydrogens (primary N) is 1. The molecule has 2 atom stereocenters. The van der Waals surface area contributed by atoms with Gasteiger partial charge in [-0.15, -0.1) is 0 Å². The molecule has 2 aromatic rings. The molecule has 11 heteroatoms. The van der Waals surface area contributed by atoms with E-state index >= 15 is 0 Å². The Morgan fingerprint density at radius 3 is 1.26 bits per heavy atom. The lowest BCUT2D eigenvalue weighted by molar-refractivity contribution is -0.166. The van der Waals surface area contributed by atoms with Gasteiger partial charge < -0.3 is 34.9 Å². The van der Waals surface area contributed by atoms with Crippen LogP contribution in [0.25, 0.3) is 0 Å². The van der Waals surface area contributed by atoms with E-state index in [2.05, 4.69) is 16.4 Å². The highest BCUT2D eigenvalue weighted by atomic mass is 16.6. The van der Waals surface area contributed by atoms with Gasteiger partial charge in [0, 0.05) is 0 Å². The fourth-order valence-corrected chi connectivity index (χ4v) is 2.13. The number of hydrogen-bond donors (Lipinski definition) is 3. The van der Waals surface area contributed by atoms with Gasteiger partial charge in [-0.1, -0.05) is 6.92 Å². The largest absolute Gasteiger partial charge is 0.497 e. The van der Waals surface area contributed by atoms with Crippen LogP contribution in [0.1, 0.15) is 34.1 Å². The van der Waals surface area contributed by atoms with Gasteiger partial charge in [0.1, 0.15) is 11.5 Å². The summed E-state index contributed by atoms with van der Waals surface area (Å²) >= 11 is 0. The molecular weight excluding hydrogens is 450 g/mol. The molecule has 0 bridgehead atoms. The highest BCUT2D eigenvalue weighted by molar-refractivity contribution is 6.01. The van der Waals surface area contributed by atoms with Crippen molar-refractivity contribution in [3.8, 4) is 11.5 Å². The topological polar surface area (TPSA) is 172 Å². The van der Waals surface area contributed by atoms with Gasteiger partial charge in [0.15, 0.2) is 12.2 Å². The Hall–Kier alpha value is -3.80. The van der Waals surface area contributed by atoms with Gasteiger partial charge in [0.2, 0.25) is 0 Å². The summed E-state index contributed by atoms with van der Waals surface area (Å²) in [5, 5.41) is 19.5. The van der Waals surface area contributed by atoms with Crippen LogP contribution in [0.3, 0.4) is 0 Å². The second-order valence-electron chi connectivity index (χ2n) is 6.55. The molecule has 184 valence electrons. The molecular formula is C23H27NO10. The summed E-state index contributed by atoms with van der Waals surface area (Å²) in [6, 6.07) is 11.0. The molecule has 0 fully saturated rings. The molecule has 34 heavy (non-hydrogen) atoms. The first-order valence-corrected chi connectivity index (χ1v) is 10.0. The van der Waals surface area contributed by atoms with Crippen LogP contribution in [0.2, 0.25) is 0 Å². The molecule has 0 radical (unpaired) electrons. The van der Waals surface area contributed by atoms with Gasteiger partial charge in [-0.3, -0.25) is 0 Å². The van der Waals surface area contributed by atoms with E-state index in [9.17, 15) is 29.4 Å². The quantitative estimate of drug-likeness (QED) is 0.363. The number of methoxy groups -OCH3 is 2. The van der Waals surface area contributed by atoms with Crippen LogP contribution in [-0.4, -0.2) is 67.1 Å². The first-order valence-electron chi connectivity index (χ1n) is 10.0. The van der Waals surface area contributed by atoms with E-state index in [0.717, 1.165) is 13.0 Å². The minimum Gasteiger partial charge on any atom is -0.497 e. The van der Waals surface area contributed by atoms with Gasteiger partial charge in [0.25, 0.3) is 0 Å². The molecule has 0 aliphatic carbocycles. The van der Waals surface area contributed by atoms with Gasteiger partial charge in [-0.05, 0) is 61.5 Å². The van der Waals surface area contributed by atoms with Gasteiger partial charge >= 0.3 is 23.9 Å². The Labute approximate surface area is 196 Å². The summed E-state index contributed by atoms with van der Waals surface area (Å²) in [4.78, 5) is 47.5. The molecule has 0 spiro atoms. The van der Waals surface area contributed by atoms with E-state index in [0.29, 0.717) is 11.5 Å². The third kappa shape index (κ3) is 8.62. The third-order valence-corrected chi connectivity index (χ3v) is 4.11. The van der Waals surface area contributed by atoms with Crippen molar-refractivity contribution in [3.05, 3.63) is 59.7 Å². The first-order chi connectivity index (χ1) is 16.2. The Morgan fingerprint density at radius 1 is 0.735 bits per heavy atom. The Balaban J connectivity index is 0.00000133. The number of aliphatic hydroxyl groups is 2. The summed E-state index contributed by atoms with van der Waals surface area (Å²) in [5.41, 5.74) is 4.95. The van der Waals surface area contributed by atoms with Crippen LogP contribution in [0.5, 0.6) is 11.5 Å². The first kappa shape index (κ1) is 28.2. The van der Waals surface area contributed by atoms with Gasteiger partial charge in [-0.2, -0.15) is 0 Å². The van der Waals surface area contributed by atoms with E-state index < -0.39 is 36.1 Å². The zero-order valence-electron chi connectivity index (χ0n) is 18.9. The molecule has 0 unspecified atom stereocenters. The zero-order valence-corrected chi connectivity index (χ0v) is 18.9. The third-order valence-electron chi connectivity index (χ3n) is 4.11. The molecule has 0 aliphatic rings. The van der Waals surface area contributed by atoms with E-state index in [1.165, 1.54) is 62.8 Å². The van der Waals surface area contributed by atoms with Gasteiger partial charge in [-0.25, -0.2) is 19.2 Å². The van der Waals surface area contributed by atoms with Crippen LogP contribution in [0.15, 0.2) is 48.5 Å². The predicted octanol–water partition coefficient (Wildman–Crippen LogP) is 0.848. The van der Waals surface area contributed by atoms with Crippen LogP contribution >= 0.6 is 0 Å². The number of ether oxygens (including phenoxy) is 4. The number of hydrogen-bond acceptors (Lipinski definition) is 11. The SMILES string of the molecule is CCCN.COc1ccc(C(=O)OC(=O)[C@H](O)[C@@H](O)C(=O)OC(=O)c2ccc(OC)cc2)cc1. The Bertz CT molecular complexity index is 877. The predicted molar refractivity (Wildman–Crippen MR) is 118 cm³/mol. The van der Waals surface area contributed by atoms with Crippen LogP contribution < -0.4 is 15.2 Å². The summed E-state index contributed by atoms with van der Waals surface area (Å²) in [5.74, 6) is -4.54. The van der Waals surface area contributed by atoms with Crippen LogP contribution in [0, 0.1) is 0 Å². The van der Waals surface area contributed by atoms with Crippen LogP contribution in [-0.2, 0) is 19.1 Å². The molecule has 2 rings (SSSR count). The van der Waals surface area contributed by atoms with Crippen molar-refractivity contribution in [3.63, 3.8) is 0 Å². The monoisotopic (exact) mass is 477 g/mol. The highest BCUT2D eigenvalue weighted by Crippen LogP contribution is 2.14. The summed E-state index contributed by atoms with van der Waals surface area (Å²) in [7, 11) is 2.85. The maximum atomic E-state index is 11.9. The standard InChI is InChI=1S/C20H18O10.C3H9N/c1-27-13-7-3-11(4-8-13)17(23)29-19(25)15(21)16(22)20(26)30-18(24)12-5-9-14(28-2)10-6-12;1-2-3-4/h3-10,15-16,21-22H,1-2H3;2-4H2,1H3/t15-,16-;/m1./s1. The summed E-state index contributed by atoms with van der Waals surface area (Å²) in [6.07, 6.45) is -3.81. The van der Waals surface area contributed by atoms with Crippen molar-refractivity contribution in [2.75, 3.05) is 20.8 Å². The minimum atomic E-state index is -2.46. The molecule has 0 aliphatic heterocycles. The van der Waals surface area contributed by atoms with Gasteiger partial charge in [0.05, 0.1) is 25.3 Å². The molecule has 0 saturated heterocycles. The van der Waals surface area contributed by atoms with E-state index in [-0.39, 0.29) is 11.1 Å². The Kier molecular flexibility index (Phi) is 11.9. The number of carbonyl (C=O) groups excluding carboxylic acids is 4. The smallest absolute Gasteiger partial charge is 0.346 e. The summed E-state index contributed by atoms with van der Waals surface area (Å²) in [6.45, 7) is 2.88. The lowest BCUT2D eigenvalue weighted by Crippen LogP contribution is -2.43. The fraction of sp³-hybridized carbons (Fsp3) is 0.304. The zero-order chi connectivity index (χ0) is 25.7. The average Bonchev–Trinajstić information content (AvgIpc) is 2.87. The minimum absolute atomic E-state index is 0.0388. The maximum Gasteiger partial charge on any atom is 0.346 e. The average molecular weight is 477 g/mol. The molecule has 0 saturated carbocycles. The fourth-order valence-electron chi connectivity index (χ4n) is 2.13. The normalized spacial score (nSPS) is 11.7. The van der Waals surface area contributed by atoms with Crippen molar-refractivity contribution in [1.29, 1.82) is 0 Å². The highest BCUT2D eigenvalue weighted by Gasteiger charge is 2.35. The van der Waals surface area contributed by atoms with E-state index in [1.807, 2.05) is 0 Å². The lowest BCUT2D eigenvalue weighted by atomic mass is 10.2. The van der Waals surface area contributed by atoms with Crippen molar-refractivity contribution in [1.82, 2.24) is 0 Å². The second kappa shape index (κ2) is 14.4. The molecule has 11 nitrogen and oxygen atoms in total. The van der Waals surface area contributed by atoms with Crippen molar-refractivity contribution < 1.29 is 48.3 Å². The van der Waals surface area contributed by atoms with Crippen molar-refractivity contribution >= 4 is 23.9 Å². The molecule has 0 aromatic heterocycles. The number of esters is 4. The van der Waals surface area contributed by atoms with Crippen molar-refractivity contribution in [2.24, 2.45) is 5.73 Å². The summed E-state index contributed by atoms with van der Waals surface area (Å²) < 4.78 is 18.7. The molecule has 4 N–H and O–H groups in total. The Morgan fingerprint density at radius 2 is 1.03 bits per heavy atom. The molecule has 0 heterocycles. The number of carbonyl (C=O) groups is 4. The maximum absolute atomic E-state index is 11.9. The number of rotatable bonds is 8. The lowest BCUT2D eigenvalue weighted by Gasteiger charge is -2.14. The second-order valence-corrected chi connectivity index (χ2v) is 6.55. The number of benzene rings is 2.